The number of carbonyl (C=O) groups is 1. The van der Waals surface area contributed by atoms with E-state index in [9.17, 15) is 9.90 Å². The van der Waals surface area contributed by atoms with Gasteiger partial charge in [0.15, 0.2) is 5.76 Å². The number of carbonyl (C=O) groups excluding carboxylic acids is 1. The summed E-state index contributed by atoms with van der Waals surface area (Å²) >= 11 is 0. The lowest BCUT2D eigenvalue weighted by atomic mass is 9.77. The lowest BCUT2D eigenvalue weighted by molar-refractivity contribution is 0.0306. The quantitative estimate of drug-likeness (QED) is 0.744. The maximum absolute atomic E-state index is 12.9. The minimum absolute atomic E-state index is 0.0180. The summed E-state index contributed by atoms with van der Waals surface area (Å²) in [6.07, 6.45) is 8.31. The molecule has 2 fully saturated rings. The number of hydrogen-bond donors (Lipinski definition) is 1. The Balaban J connectivity index is 1.26. The zero-order valence-corrected chi connectivity index (χ0v) is 15.5. The van der Waals surface area contributed by atoms with Gasteiger partial charge in [-0.25, -0.2) is 0 Å². The average Bonchev–Trinajstić information content (AvgIpc) is 3.47. The summed E-state index contributed by atoms with van der Waals surface area (Å²) in [5.74, 6) is 1.69. The Morgan fingerprint density at radius 2 is 1.89 bits per heavy atom. The smallest absolute Gasteiger partial charge is 0.289 e. The summed E-state index contributed by atoms with van der Waals surface area (Å²) in [4.78, 5) is 14.8. The molecule has 0 bridgehead atoms. The van der Waals surface area contributed by atoms with E-state index in [4.69, 9.17) is 4.42 Å². The highest BCUT2D eigenvalue weighted by Gasteiger charge is 2.44. The molecule has 3 aromatic rings. The molecule has 146 valence electrons. The van der Waals surface area contributed by atoms with Crippen molar-refractivity contribution in [2.75, 3.05) is 13.1 Å². The molecular weight excluding hydrogens is 358 g/mol. The molecule has 1 N–H and O–H groups in total. The fraction of sp³-hybridized carbons (Fsp3) is 0.450. The van der Waals surface area contributed by atoms with E-state index in [0.29, 0.717) is 49.4 Å². The van der Waals surface area contributed by atoms with Gasteiger partial charge in [0.1, 0.15) is 5.76 Å². The molecule has 0 spiro atoms. The molecule has 1 amide bonds. The Bertz CT molecular complexity index is 933. The Hall–Kier alpha value is -2.87. The van der Waals surface area contributed by atoms with Crippen LogP contribution in [0.15, 0.2) is 53.5 Å². The monoisotopic (exact) mass is 381 g/mol. The fourth-order valence-corrected chi connectivity index (χ4v) is 4.62. The minimum atomic E-state index is -0.430. The number of furan rings is 1. The van der Waals surface area contributed by atoms with Crippen molar-refractivity contribution in [3.05, 3.63) is 60.6 Å². The second-order valence-corrected chi connectivity index (χ2v) is 7.79. The highest BCUT2D eigenvalue weighted by Crippen LogP contribution is 2.41. The third-order valence-corrected chi connectivity index (χ3v) is 6.01. The van der Waals surface area contributed by atoms with Gasteiger partial charge in [-0.1, -0.05) is 0 Å². The number of nitrogens with zero attached hydrogens (tertiary/aromatic N) is 5. The van der Waals surface area contributed by atoms with E-state index in [2.05, 4.69) is 10.2 Å². The van der Waals surface area contributed by atoms with Gasteiger partial charge in [-0.2, -0.15) is 10.2 Å². The molecule has 0 radical (unpaired) electrons. The lowest BCUT2D eigenvalue weighted by Gasteiger charge is -2.35. The summed E-state index contributed by atoms with van der Waals surface area (Å²) in [5, 5.41) is 19.0. The van der Waals surface area contributed by atoms with Gasteiger partial charge in [0.2, 0.25) is 0 Å². The molecule has 8 nitrogen and oxygen atoms in total. The first-order valence-corrected chi connectivity index (χ1v) is 9.70. The van der Waals surface area contributed by atoms with Crippen LogP contribution in [-0.4, -0.2) is 54.7 Å². The van der Waals surface area contributed by atoms with Crippen molar-refractivity contribution in [3.63, 3.8) is 0 Å². The van der Waals surface area contributed by atoms with Crippen LogP contribution in [0.1, 0.15) is 35.2 Å². The van der Waals surface area contributed by atoms with Crippen molar-refractivity contribution in [3.8, 4) is 0 Å². The van der Waals surface area contributed by atoms with Crippen LogP contribution in [0.3, 0.4) is 0 Å². The normalized spacial score (nSPS) is 27.1. The van der Waals surface area contributed by atoms with Crippen molar-refractivity contribution in [2.24, 2.45) is 11.8 Å². The molecule has 0 unspecified atom stereocenters. The molecule has 2 aliphatic rings. The molecule has 5 rings (SSSR count). The molecule has 4 heterocycles. The summed E-state index contributed by atoms with van der Waals surface area (Å²) < 4.78 is 9.38. The van der Waals surface area contributed by atoms with E-state index in [0.717, 1.165) is 6.42 Å². The van der Waals surface area contributed by atoms with Crippen LogP contribution in [0.5, 0.6) is 0 Å². The van der Waals surface area contributed by atoms with Crippen LogP contribution in [0.2, 0.25) is 0 Å². The Kier molecular flexibility index (Phi) is 4.27. The molecule has 4 atom stereocenters. The number of likely N-dealkylation sites (tertiary alicyclic amines) is 1. The predicted octanol–water partition coefficient (Wildman–Crippen LogP) is 1.81. The highest BCUT2D eigenvalue weighted by atomic mass is 16.4. The van der Waals surface area contributed by atoms with Gasteiger partial charge in [-0.05, 0) is 48.9 Å². The van der Waals surface area contributed by atoms with Crippen LogP contribution in [0, 0.1) is 11.8 Å². The van der Waals surface area contributed by atoms with Crippen molar-refractivity contribution >= 4 is 5.91 Å². The fourth-order valence-electron chi connectivity index (χ4n) is 4.62. The number of rotatable bonds is 4. The van der Waals surface area contributed by atoms with Crippen molar-refractivity contribution in [2.45, 2.75) is 31.5 Å². The second-order valence-electron chi connectivity index (χ2n) is 7.79. The number of aliphatic hydroxyl groups is 1. The van der Waals surface area contributed by atoms with Crippen LogP contribution >= 0.6 is 0 Å². The van der Waals surface area contributed by atoms with Gasteiger partial charge < -0.3 is 14.4 Å². The van der Waals surface area contributed by atoms with Crippen LogP contribution in [0.25, 0.3) is 0 Å². The molecule has 3 aromatic heterocycles. The van der Waals surface area contributed by atoms with Gasteiger partial charge in [0, 0.05) is 37.9 Å². The topological polar surface area (TPSA) is 89.3 Å². The van der Waals surface area contributed by atoms with E-state index in [1.165, 1.54) is 0 Å². The number of aliphatic hydroxyl groups excluding tert-OH is 1. The molecule has 1 saturated carbocycles. The van der Waals surface area contributed by atoms with Gasteiger partial charge in [0.25, 0.3) is 5.91 Å². The summed E-state index contributed by atoms with van der Waals surface area (Å²) in [6, 6.07) is 7.28. The molecule has 1 aliphatic heterocycles. The Morgan fingerprint density at radius 3 is 2.64 bits per heavy atom. The van der Waals surface area contributed by atoms with Crippen molar-refractivity contribution in [1.29, 1.82) is 0 Å². The Labute approximate surface area is 162 Å². The van der Waals surface area contributed by atoms with Gasteiger partial charge >= 0.3 is 0 Å². The standard InChI is InChI=1S/C20H23N5O3/c26-18-10-15-12-23(11-14(15)9-17(18)25-8-2-6-22-25)20(27)19-4-3-16(28-19)13-24-7-1-5-21-24/h1-8,14-15,17-18,26H,9-13H2/t14-,15+,17-,18-/m1/s1. The first-order chi connectivity index (χ1) is 13.7. The van der Waals surface area contributed by atoms with Gasteiger partial charge in [-0.15, -0.1) is 0 Å². The van der Waals surface area contributed by atoms with E-state index in [1.54, 1.807) is 23.1 Å². The molecular formula is C20H23N5O3. The number of amides is 1. The van der Waals surface area contributed by atoms with Gasteiger partial charge in [0.05, 0.1) is 18.7 Å². The molecule has 1 aliphatic carbocycles. The SMILES string of the molecule is O=C(c1ccc(Cn2cccn2)o1)N1C[C@H]2C[C@@H](n3cccn3)[C@H](O)C[C@H]2C1. The highest BCUT2D eigenvalue weighted by molar-refractivity contribution is 5.91. The maximum atomic E-state index is 12.9. The van der Waals surface area contributed by atoms with E-state index >= 15 is 0 Å². The number of hydrogen-bond acceptors (Lipinski definition) is 5. The van der Waals surface area contributed by atoms with Crippen LogP contribution in [0.4, 0.5) is 0 Å². The second kappa shape index (κ2) is 6.94. The third kappa shape index (κ3) is 3.13. The number of fused-ring (bicyclic) bond motifs is 1. The minimum Gasteiger partial charge on any atom is -0.454 e. The van der Waals surface area contributed by atoms with E-state index < -0.39 is 6.10 Å². The summed E-state index contributed by atoms with van der Waals surface area (Å²) in [6.45, 7) is 1.87. The lowest BCUT2D eigenvalue weighted by Crippen LogP contribution is -2.36. The first kappa shape index (κ1) is 17.2. The molecule has 1 saturated heterocycles. The summed E-state index contributed by atoms with van der Waals surface area (Å²) in [5.41, 5.74) is 0. The zero-order valence-electron chi connectivity index (χ0n) is 15.5. The first-order valence-electron chi connectivity index (χ1n) is 9.70. The molecule has 28 heavy (non-hydrogen) atoms. The third-order valence-electron chi connectivity index (χ3n) is 6.01. The van der Waals surface area contributed by atoms with Crippen molar-refractivity contribution < 1.29 is 14.3 Å². The zero-order chi connectivity index (χ0) is 19.1. The van der Waals surface area contributed by atoms with Crippen molar-refractivity contribution in [1.82, 2.24) is 24.5 Å². The average molecular weight is 381 g/mol. The molecule has 8 heteroatoms. The largest absolute Gasteiger partial charge is 0.454 e. The summed E-state index contributed by atoms with van der Waals surface area (Å²) in [7, 11) is 0. The van der Waals surface area contributed by atoms with Gasteiger partial charge in [-0.3, -0.25) is 14.2 Å². The van der Waals surface area contributed by atoms with Crippen LogP contribution in [-0.2, 0) is 6.54 Å². The number of aromatic nitrogens is 4. The maximum Gasteiger partial charge on any atom is 0.289 e. The van der Waals surface area contributed by atoms with E-state index in [1.807, 2.05) is 40.2 Å². The predicted molar refractivity (Wildman–Crippen MR) is 99.4 cm³/mol. The van der Waals surface area contributed by atoms with E-state index in [-0.39, 0.29) is 11.9 Å². The molecule has 0 aromatic carbocycles. The van der Waals surface area contributed by atoms with Crippen LogP contribution < -0.4 is 0 Å². The Morgan fingerprint density at radius 1 is 1.11 bits per heavy atom.